The van der Waals surface area contributed by atoms with Crippen molar-refractivity contribution >= 4 is 17.4 Å². The largest absolute Gasteiger partial charge is 0.507 e. The number of rotatable bonds is 9. The number of nitrogens with zero attached hydrogens (tertiary/aromatic N) is 1. The summed E-state index contributed by atoms with van der Waals surface area (Å²) in [4.78, 5) is 27.4. The van der Waals surface area contributed by atoms with Crippen molar-refractivity contribution in [1.29, 1.82) is 0 Å². The van der Waals surface area contributed by atoms with Crippen molar-refractivity contribution in [2.45, 2.75) is 46.6 Å². The molecule has 170 valence electrons. The predicted molar refractivity (Wildman–Crippen MR) is 124 cm³/mol. The Labute approximate surface area is 189 Å². The van der Waals surface area contributed by atoms with Crippen molar-refractivity contribution in [3.05, 3.63) is 64.7 Å². The Bertz CT molecular complexity index is 1010. The summed E-state index contributed by atoms with van der Waals surface area (Å²) in [5.74, 6) is 0.00968. The maximum Gasteiger partial charge on any atom is 0.295 e. The molecule has 1 fully saturated rings. The number of aliphatic hydroxyl groups excluding tert-OH is 1. The average Bonchev–Trinajstić information content (AvgIpc) is 3.04. The number of benzene rings is 2. The molecule has 1 heterocycles. The van der Waals surface area contributed by atoms with E-state index in [4.69, 9.17) is 9.47 Å². The smallest absolute Gasteiger partial charge is 0.295 e. The first kappa shape index (κ1) is 23.4. The summed E-state index contributed by atoms with van der Waals surface area (Å²) >= 11 is 0. The van der Waals surface area contributed by atoms with Gasteiger partial charge in [-0.3, -0.25) is 9.59 Å². The molecule has 1 N–H and O–H groups in total. The van der Waals surface area contributed by atoms with Gasteiger partial charge < -0.3 is 19.5 Å². The Balaban J connectivity index is 2.07. The summed E-state index contributed by atoms with van der Waals surface area (Å²) < 4.78 is 11.2. The van der Waals surface area contributed by atoms with Crippen molar-refractivity contribution in [1.82, 2.24) is 4.90 Å². The summed E-state index contributed by atoms with van der Waals surface area (Å²) in [6, 6.07) is 12.0. The third kappa shape index (κ3) is 4.64. The van der Waals surface area contributed by atoms with Crippen LogP contribution < -0.4 is 9.47 Å². The van der Waals surface area contributed by atoms with Crippen LogP contribution in [-0.2, 0) is 9.59 Å². The van der Waals surface area contributed by atoms with Crippen LogP contribution in [0.25, 0.3) is 5.76 Å². The third-order valence-corrected chi connectivity index (χ3v) is 5.42. The van der Waals surface area contributed by atoms with Crippen molar-refractivity contribution in [2.24, 2.45) is 0 Å². The number of carbonyl (C=O) groups excluding carboxylic acids is 2. The van der Waals surface area contributed by atoms with Crippen LogP contribution in [-0.4, -0.2) is 41.5 Å². The van der Waals surface area contributed by atoms with Gasteiger partial charge in [-0.05, 0) is 68.1 Å². The first-order valence-corrected chi connectivity index (χ1v) is 11.2. The van der Waals surface area contributed by atoms with Crippen LogP contribution in [0, 0.1) is 6.92 Å². The van der Waals surface area contributed by atoms with Crippen LogP contribution in [0.3, 0.4) is 0 Å². The molecule has 1 aliphatic heterocycles. The van der Waals surface area contributed by atoms with Gasteiger partial charge in [0.25, 0.3) is 11.7 Å². The van der Waals surface area contributed by atoms with Crippen molar-refractivity contribution in [2.75, 3.05) is 19.8 Å². The maximum atomic E-state index is 13.0. The van der Waals surface area contributed by atoms with Crippen LogP contribution in [0.15, 0.2) is 48.0 Å². The molecule has 6 heteroatoms. The van der Waals surface area contributed by atoms with E-state index in [1.165, 1.54) is 4.90 Å². The minimum Gasteiger partial charge on any atom is -0.507 e. The summed E-state index contributed by atoms with van der Waals surface area (Å²) in [6.07, 6.45) is 1.60. The van der Waals surface area contributed by atoms with Gasteiger partial charge in [0.2, 0.25) is 0 Å². The highest BCUT2D eigenvalue weighted by Crippen LogP contribution is 2.40. The lowest BCUT2D eigenvalue weighted by atomic mass is 9.94. The Morgan fingerprint density at radius 2 is 1.72 bits per heavy atom. The number of amides is 1. The van der Waals surface area contributed by atoms with E-state index < -0.39 is 17.7 Å². The highest BCUT2D eigenvalue weighted by molar-refractivity contribution is 6.46. The zero-order chi connectivity index (χ0) is 23.3. The lowest BCUT2D eigenvalue weighted by Gasteiger charge is -2.25. The number of ether oxygens (including phenoxy) is 2. The van der Waals surface area contributed by atoms with E-state index in [0.717, 1.165) is 29.0 Å². The van der Waals surface area contributed by atoms with E-state index in [9.17, 15) is 14.7 Å². The highest BCUT2D eigenvalue weighted by atomic mass is 16.5. The van der Waals surface area contributed by atoms with Crippen molar-refractivity contribution in [3.63, 3.8) is 0 Å². The van der Waals surface area contributed by atoms with Gasteiger partial charge in [-0.2, -0.15) is 0 Å². The van der Waals surface area contributed by atoms with Gasteiger partial charge in [-0.25, -0.2) is 0 Å². The summed E-state index contributed by atoms with van der Waals surface area (Å²) in [6.45, 7) is 9.34. The van der Waals surface area contributed by atoms with Gasteiger partial charge in [0, 0.05) is 12.1 Å². The standard InChI is InChI=1S/C26H31NO5/c1-5-14-27-23(18-8-11-20(12-9-18)32-15-6-2)22(25(29)26(27)30)24(28)19-10-13-21(31-7-3)17(4)16-19/h8-13,16,23,28H,5-7,14-15H2,1-4H3/b24-22-. The Morgan fingerprint density at radius 3 is 2.31 bits per heavy atom. The second kappa shape index (κ2) is 10.4. The molecular formula is C26H31NO5. The zero-order valence-corrected chi connectivity index (χ0v) is 19.2. The van der Waals surface area contributed by atoms with E-state index in [0.29, 0.717) is 31.7 Å². The van der Waals surface area contributed by atoms with Crippen LogP contribution >= 0.6 is 0 Å². The Morgan fingerprint density at radius 1 is 1.00 bits per heavy atom. The minimum absolute atomic E-state index is 0.106. The molecule has 0 aromatic heterocycles. The number of ketones is 1. The molecule has 1 amide bonds. The molecular weight excluding hydrogens is 406 g/mol. The predicted octanol–water partition coefficient (Wildman–Crippen LogP) is 5.01. The fourth-order valence-corrected chi connectivity index (χ4v) is 3.93. The first-order chi connectivity index (χ1) is 15.4. The molecule has 1 saturated heterocycles. The molecule has 0 saturated carbocycles. The van der Waals surface area contributed by atoms with Crippen LogP contribution in [0.5, 0.6) is 11.5 Å². The summed E-state index contributed by atoms with van der Waals surface area (Å²) in [5, 5.41) is 11.2. The summed E-state index contributed by atoms with van der Waals surface area (Å²) in [5.41, 5.74) is 2.18. The topological polar surface area (TPSA) is 76.1 Å². The van der Waals surface area contributed by atoms with Gasteiger partial charge in [0.05, 0.1) is 24.8 Å². The zero-order valence-electron chi connectivity index (χ0n) is 19.2. The van der Waals surface area contributed by atoms with E-state index in [1.54, 1.807) is 18.2 Å². The molecule has 0 bridgehead atoms. The van der Waals surface area contributed by atoms with Crippen molar-refractivity contribution < 1.29 is 24.2 Å². The highest BCUT2D eigenvalue weighted by Gasteiger charge is 2.45. The van der Waals surface area contributed by atoms with Crippen LogP contribution in [0.4, 0.5) is 0 Å². The van der Waals surface area contributed by atoms with Crippen LogP contribution in [0.1, 0.15) is 56.3 Å². The minimum atomic E-state index is -0.668. The van der Waals surface area contributed by atoms with Gasteiger partial charge in [-0.1, -0.05) is 26.0 Å². The fraction of sp³-hybridized carbons (Fsp3) is 0.385. The molecule has 2 aromatic rings. The normalized spacial score (nSPS) is 17.6. The Kier molecular flexibility index (Phi) is 7.57. The molecule has 2 aromatic carbocycles. The van der Waals surface area contributed by atoms with E-state index in [-0.39, 0.29) is 11.3 Å². The van der Waals surface area contributed by atoms with Gasteiger partial charge in [0.15, 0.2) is 0 Å². The van der Waals surface area contributed by atoms with Gasteiger partial charge in [-0.15, -0.1) is 0 Å². The number of aliphatic hydroxyl groups is 1. The second-order valence-corrected chi connectivity index (χ2v) is 7.82. The third-order valence-electron chi connectivity index (χ3n) is 5.42. The van der Waals surface area contributed by atoms with Crippen molar-refractivity contribution in [3.8, 4) is 11.5 Å². The Hall–Kier alpha value is -3.28. The van der Waals surface area contributed by atoms with Gasteiger partial charge >= 0.3 is 0 Å². The number of Topliss-reactive ketones (excluding diaryl/α,β-unsaturated/α-hetero) is 1. The maximum absolute atomic E-state index is 13.0. The van der Waals surface area contributed by atoms with E-state index in [1.807, 2.05) is 52.0 Å². The molecule has 3 rings (SSSR count). The number of carbonyl (C=O) groups is 2. The van der Waals surface area contributed by atoms with E-state index >= 15 is 0 Å². The molecule has 1 unspecified atom stereocenters. The lowest BCUT2D eigenvalue weighted by Crippen LogP contribution is -2.30. The van der Waals surface area contributed by atoms with Gasteiger partial charge in [0.1, 0.15) is 17.3 Å². The number of aryl methyl sites for hydroxylation is 1. The van der Waals surface area contributed by atoms with Crippen LogP contribution in [0.2, 0.25) is 0 Å². The molecule has 1 aliphatic rings. The fourth-order valence-electron chi connectivity index (χ4n) is 3.93. The second-order valence-electron chi connectivity index (χ2n) is 7.82. The lowest BCUT2D eigenvalue weighted by molar-refractivity contribution is -0.139. The average molecular weight is 438 g/mol. The number of hydrogen-bond acceptors (Lipinski definition) is 5. The van der Waals surface area contributed by atoms with E-state index in [2.05, 4.69) is 0 Å². The number of likely N-dealkylation sites (tertiary alicyclic amines) is 1. The molecule has 1 atom stereocenters. The quantitative estimate of drug-likeness (QED) is 0.339. The SMILES string of the molecule is CCCOc1ccc(C2/C(=C(/O)c3ccc(OCC)c(C)c3)C(=O)C(=O)N2CCC)cc1. The molecule has 6 nitrogen and oxygen atoms in total. The molecule has 0 spiro atoms. The monoisotopic (exact) mass is 437 g/mol. The summed E-state index contributed by atoms with van der Waals surface area (Å²) in [7, 11) is 0. The molecule has 0 radical (unpaired) electrons. The molecule has 0 aliphatic carbocycles. The number of hydrogen-bond donors (Lipinski definition) is 1. The first-order valence-electron chi connectivity index (χ1n) is 11.2. The molecule has 32 heavy (non-hydrogen) atoms.